The van der Waals surface area contributed by atoms with Gasteiger partial charge in [-0.2, -0.15) is 9.97 Å². The Balaban J connectivity index is 1.10. The van der Waals surface area contributed by atoms with E-state index in [1.807, 2.05) is 109 Å². The minimum absolute atomic E-state index is 0.416. The first kappa shape index (κ1) is 31.9. The molecule has 0 bridgehead atoms. The molecule has 13 aromatic rings. The van der Waals surface area contributed by atoms with E-state index < -0.39 is 0 Å². The van der Waals surface area contributed by atoms with Gasteiger partial charge in [-0.05, 0) is 84.9 Å². The maximum atomic E-state index is 6.69. The SMILES string of the molecule is c1ccc2c(c1)oc1ccc(-c3nc(-c4ccc5oc6ccccc6c5c4)nc(N(c4ccc5oc6ccccc6c5c4)c4cccc5c4oc4ccccc45)n3)cc12. The second-order valence-electron chi connectivity index (χ2n) is 14.8. The van der Waals surface area contributed by atoms with Gasteiger partial charge in [0.25, 0.3) is 0 Å². The predicted octanol–water partition coefficient (Wildman–Crippen LogP) is 14.3. The average Bonchev–Trinajstić information content (AvgIpc) is 4.06. The molecule has 8 nitrogen and oxygen atoms in total. The minimum atomic E-state index is 0.416. The zero-order valence-electron chi connectivity index (χ0n) is 31.1. The van der Waals surface area contributed by atoms with Crippen LogP contribution in [-0.4, -0.2) is 15.0 Å². The van der Waals surface area contributed by atoms with Crippen molar-refractivity contribution in [2.45, 2.75) is 0 Å². The Labute approximate surface area is 334 Å². The van der Waals surface area contributed by atoms with Gasteiger partial charge < -0.3 is 17.7 Å². The van der Waals surface area contributed by atoms with Gasteiger partial charge in [0.05, 0.1) is 11.4 Å². The van der Waals surface area contributed by atoms with Crippen molar-refractivity contribution < 1.29 is 17.7 Å². The van der Waals surface area contributed by atoms with Crippen molar-refractivity contribution in [1.29, 1.82) is 0 Å². The summed E-state index contributed by atoms with van der Waals surface area (Å²) < 4.78 is 25.4. The summed E-state index contributed by atoms with van der Waals surface area (Å²) in [4.78, 5) is 18.0. The van der Waals surface area contributed by atoms with Crippen LogP contribution in [0, 0.1) is 0 Å². The van der Waals surface area contributed by atoms with Gasteiger partial charge in [0.1, 0.15) is 39.1 Å². The number of fused-ring (bicyclic) bond motifs is 12. The number of hydrogen-bond acceptors (Lipinski definition) is 8. The lowest BCUT2D eigenvalue weighted by Crippen LogP contribution is -2.15. The van der Waals surface area contributed by atoms with Gasteiger partial charge in [0.15, 0.2) is 17.2 Å². The monoisotopic (exact) mass is 760 g/mol. The Morgan fingerprint density at radius 2 is 0.746 bits per heavy atom. The number of nitrogens with zero attached hydrogens (tertiary/aromatic N) is 4. The largest absolute Gasteiger partial charge is 0.456 e. The summed E-state index contributed by atoms with van der Waals surface area (Å²) in [7, 11) is 0. The highest BCUT2D eigenvalue weighted by Crippen LogP contribution is 2.44. The fraction of sp³-hybridized carbons (Fsp3) is 0. The van der Waals surface area contributed by atoms with Crippen molar-refractivity contribution in [2.24, 2.45) is 0 Å². The molecule has 13 rings (SSSR count). The van der Waals surface area contributed by atoms with E-state index in [9.17, 15) is 0 Å². The first-order chi connectivity index (χ1) is 29.2. The van der Waals surface area contributed by atoms with E-state index >= 15 is 0 Å². The van der Waals surface area contributed by atoms with Gasteiger partial charge in [0, 0.05) is 54.2 Å². The van der Waals surface area contributed by atoms with Crippen LogP contribution in [0.3, 0.4) is 0 Å². The molecule has 0 amide bonds. The van der Waals surface area contributed by atoms with Crippen LogP contribution in [0.5, 0.6) is 0 Å². The molecule has 0 saturated carbocycles. The molecular weight excluding hydrogens is 733 g/mol. The molecule has 0 spiro atoms. The smallest absolute Gasteiger partial charge is 0.238 e. The Morgan fingerprint density at radius 1 is 0.322 bits per heavy atom. The lowest BCUT2D eigenvalue weighted by Gasteiger charge is -2.24. The normalized spacial score (nSPS) is 12.1. The van der Waals surface area contributed by atoms with Crippen LogP contribution in [0.2, 0.25) is 0 Å². The van der Waals surface area contributed by atoms with Gasteiger partial charge in [0.2, 0.25) is 5.95 Å². The molecule has 0 radical (unpaired) electrons. The Bertz CT molecular complexity index is 3700. The molecule has 0 saturated heterocycles. The molecule has 0 unspecified atom stereocenters. The van der Waals surface area contributed by atoms with Crippen molar-refractivity contribution in [3.05, 3.63) is 170 Å². The topological polar surface area (TPSA) is 94.5 Å². The van der Waals surface area contributed by atoms with Gasteiger partial charge in [-0.1, -0.05) is 84.9 Å². The summed E-state index contributed by atoms with van der Waals surface area (Å²) in [6, 6.07) is 56.9. The van der Waals surface area contributed by atoms with Crippen LogP contribution >= 0.6 is 0 Å². The standard InChI is InChI=1S/C51H28N4O4/c1-8-19-44-32(10-1)36-14-9-15-40(48(36)59-44)55(31-22-25-47-39(28-31)35-13-4-7-18-43(35)58-47)51-53-49(29-20-23-45-37(26-29)33-11-2-5-16-41(33)56-45)52-50(54-51)30-21-24-46-38(27-30)34-12-3-6-17-42(34)57-46/h1-28H. The molecule has 0 aliphatic rings. The van der Waals surface area contributed by atoms with Crippen molar-refractivity contribution in [2.75, 3.05) is 4.90 Å². The van der Waals surface area contributed by atoms with Gasteiger partial charge in [-0.15, -0.1) is 0 Å². The number of furan rings is 4. The van der Waals surface area contributed by atoms with Crippen LogP contribution in [-0.2, 0) is 0 Å². The molecule has 59 heavy (non-hydrogen) atoms. The molecule has 8 aromatic carbocycles. The number of anilines is 3. The van der Waals surface area contributed by atoms with Crippen LogP contribution in [0.15, 0.2) is 188 Å². The average molecular weight is 761 g/mol. The second-order valence-corrected chi connectivity index (χ2v) is 14.8. The highest BCUT2D eigenvalue weighted by molar-refractivity contribution is 6.12. The zero-order chi connectivity index (χ0) is 38.6. The van der Waals surface area contributed by atoms with E-state index in [2.05, 4.69) is 65.6 Å². The molecule has 8 heteroatoms. The molecular formula is C51H28N4O4. The Kier molecular flexibility index (Phi) is 6.56. The summed E-state index contributed by atoms with van der Waals surface area (Å²) in [5.74, 6) is 1.43. The molecule has 0 aliphatic heterocycles. The van der Waals surface area contributed by atoms with Crippen molar-refractivity contribution >= 4 is 105 Å². The Hall–Kier alpha value is -8.23. The van der Waals surface area contributed by atoms with Crippen LogP contribution in [0.1, 0.15) is 0 Å². The van der Waals surface area contributed by atoms with E-state index in [1.54, 1.807) is 0 Å². The summed E-state index contributed by atoms with van der Waals surface area (Å²) in [5, 5.41) is 8.02. The van der Waals surface area contributed by atoms with E-state index in [0.29, 0.717) is 23.2 Å². The van der Waals surface area contributed by atoms with Gasteiger partial charge in [-0.25, -0.2) is 4.98 Å². The second kappa shape index (κ2) is 12.1. The highest BCUT2D eigenvalue weighted by atomic mass is 16.3. The summed E-state index contributed by atoms with van der Waals surface area (Å²) >= 11 is 0. The quantitative estimate of drug-likeness (QED) is 0.171. The van der Waals surface area contributed by atoms with Crippen molar-refractivity contribution in [3.8, 4) is 22.8 Å². The van der Waals surface area contributed by atoms with Crippen LogP contribution < -0.4 is 4.90 Å². The zero-order valence-corrected chi connectivity index (χ0v) is 31.1. The van der Waals surface area contributed by atoms with E-state index in [1.165, 1.54) is 0 Å². The third-order valence-electron chi connectivity index (χ3n) is 11.3. The fourth-order valence-corrected chi connectivity index (χ4v) is 8.58. The Morgan fingerprint density at radius 3 is 1.29 bits per heavy atom. The summed E-state index contributed by atoms with van der Waals surface area (Å²) in [6.07, 6.45) is 0. The highest BCUT2D eigenvalue weighted by Gasteiger charge is 2.25. The molecule has 0 aliphatic carbocycles. The first-order valence-corrected chi connectivity index (χ1v) is 19.4. The third kappa shape index (κ3) is 4.87. The number of para-hydroxylation sites is 5. The van der Waals surface area contributed by atoms with Gasteiger partial charge >= 0.3 is 0 Å². The molecule has 5 aromatic heterocycles. The summed E-state index contributed by atoms with van der Waals surface area (Å²) in [6.45, 7) is 0. The molecule has 0 N–H and O–H groups in total. The number of hydrogen-bond donors (Lipinski definition) is 0. The van der Waals surface area contributed by atoms with E-state index in [0.717, 1.165) is 105 Å². The predicted molar refractivity (Wildman–Crippen MR) is 234 cm³/mol. The maximum Gasteiger partial charge on any atom is 0.238 e. The molecule has 0 atom stereocenters. The van der Waals surface area contributed by atoms with Crippen LogP contribution in [0.4, 0.5) is 17.3 Å². The molecule has 276 valence electrons. The molecule has 0 fully saturated rings. The molecule has 5 heterocycles. The lowest BCUT2D eigenvalue weighted by molar-refractivity contribution is 0.668. The van der Waals surface area contributed by atoms with E-state index in [-0.39, 0.29) is 0 Å². The van der Waals surface area contributed by atoms with Crippen molar-refractivity contribution in [1.82, 2.24) is 15.0 Å². The van der Waals surface area contributed by atoms with Gasteiger partial charge in [-0.3, -0.25) is 4.90 Å². The number of aromatic nitrogens is 3. The summed E-state index contributed by atoms with van der Waals surface area (Å²) in [5.41, 5.74) is 9.60. The first-order valence-electron chi connectivity index (χ1n) is 19.4. The minimum Gasteiger partial charge on any atom is -0.456 e. The maximum absolute atomic E-state index is 6.69. The van der Waals surface area contributed by atoms with Crippen molar-refractivity contribution in [3.63, 3.8) is 0 Å². The number of rotatable bonds is 5. The van der Waals surface area contributed by atoms with E-state index in [4.69, 9.17) is 32.6 Å². The number of benzene rings is 8. The fourth-order valence-electron chi connectivity index (χ4n) is 8.58. The van der Waals surface area contributed by atoms with Crippen LogP contribution in [0.25, 0.3) is 111 Å². The lowest BCUT2D eigenvalue weighted by atomic mass is 10.1. The third-order valence-corrected chi connectivity index (χ3v) is 11.3.